The third kappa shape index (κ3) is 4.59. The molecule has 2 aliphatic heterocycles. The highest BCUT2D eigenvalue weighted by Gasteiger charge is 2.37. The zero-order valence-electron chi connectivity index (χ0n) is 16.3. The Morgan fingerprint density at radius 2 is 1.96 bits per heavy atom. The molecule has 150 valence electrons. The molecule has 2 fully saturated rings. The van der Waals surface area contributed by atoms with Crippen LogP contribution in [0.3, 0.4) is 0 Å². The van der Waals surface area contributed by atoms with Crippen LogP contribution in [0.2, 0.25) is 0 Å². The summed E-state index contributed by atoms with van der Waals surface area (Å²) in [6, 6.07) is 10.3. The van der Waals surface area contributed by atoms with Gasteiger partial charge in [0.2, 0.25) is 5.91 Å². The van der Waals surface area contributed by atoms with Crippen molar-refractivity contribution in [3.8, 4) is 0 Å². The van der Waals surface area contributed by atoms with Crippen molar-refractivity contribution < 1.29 is 9.53 Å². The van der Waals surface area contributed by atoms with Crippen molar-refractivity contribution in [1.82, 2.24) is 24.6 Å². The molecule has 2 aliphatic rings. The van der Waals surface area contributed by atoms with Gasteiger partial charge in [0, 0.05) is 26.1 Å². The average Bonchev–Trinajstić information content (AvgIpc) is 3.43. The lowest BCUT2D eigenvalue weighted by molar-refractivity contribution is -0.148. The number of hydrogen-bond donors (Lipinski definition) is 0. The minimum Gasteiger partial charge on any atom is -0.373 e. The van der Waals surface area contributed by atoms with E-state index in [1.54, 1.807) is 11.0 Å². The van der Waals surface area contributed by atoms with Gasteiger partial charge in [-0.3, -0.25) is 9.48 Å². The molecule has 0 N–H and O–H groups in total. The largest absolute Gasteiger partial charge is 0.373 e. The Morgan fingerprint density at radius 1 is 1.14 bits per heavy atom. The molecule has 0 bridgehead atoms. The van der Waals surface area contributed by atoms with Crippen LogP contribution in [0.4, 0.5) is 0 Å². The lowest BCUT2D eigenvalue weighted by atomic mass is 9.97. The molecule has 0 saturated carbocycles. The predicted molar refractivity (Wildman–Crippen MR) is 106 cm³/mol. The third-order valence-corrected chi connectivity index (χ3v) is 5.69. The van der Waals surface area contributed by atoms with Crippen molar-refractivity contribution in [3.05, 3.63) is 48.5 Å². The Balaban J connectivity index is 1.45. The molecular formula is C21H29N5O2. The number of hydrogen-bond acceptors (Lipinski definition) is 5. The zero-order chi connectivity index (χ0) is 19.2. The topological polar surface area (TPSA) is 63.5 Å². The first kappa shape index (κ1) is 19.1. The summed E-state index contributed by atoms with van der Waals surface area (Å²) in [5.74, 6) is 0.198. The van der Waals surface area contributed by atoms with Gasteiger partial charge in [-0.05, 0) is 37.9 Å². The van der Waals surface area contributed by atoms with E-state index in [4.69, 9.17) is 4.74 Å². The van der Waals surface area contributed by atoms with E-state index in [1.165, 1.54) is 19.2 Å². The molecule has 0 radical (unpaired) electrons. The molecule has 0 spiro atoms. The number of carbonyl (C=O) groups is 1. The molecule has 7 nitrogen and oxygen atoms in total. The number of amides is 1. The van der Waals surface area contributed by atoms with Crippen LogP contribution in [0.25, 0.3) is 0 Å². The fourth-order valence-electron chi connectivity index (χ4n) is 4.31. The molecule has 2 saturated heterocycles. The number of carbonyl (C=O) groups excluding carboxylic acids is 1. The number of likely N-dealkylation sites (tertiary alicyclic amines) is 1. The van der Waals surface area contributed by atoms with Gasteiger partial charge in [-0.25, -0.2) is 4.98 Å². The molecule has 4 rings (SSSR count). The van der Waals surface area contributed by atoms with E-state index in [0.717, 1.165) is 31.6 Å². The highest BCUT2D eigenvalue weighted by atomic mass is 16.5. The second kappa shape index (κ2) is 9.30. The van der Waals surface area contributed by atoms with Gasteiger partial charge in [-0.1, -0.05) is 30.3 Å². The van der Waals surface area contributed by atoms with Crippen LogP contribution in [0.15, 0.2) is 43.0 Å². The van der Waals surface area contributed by atoms with Crippen molar-refractivity contribution in [2.75, 3.05) is 32.8 Å². The van der Waals surface area contributed by atoms with Gasteiger partial charge in [-0.15, -0.1) is 0 Å². The fourth-order valence-corrected chi connectivity index (χ4v) is 4.31. The molecule has 3 heterocycles. The molecule has 0 aliphatic carbocycles. The van der Waals surface area contributed by atoms with E-state index in [1.807, 2.05) is 23.1 Å². The normalized spacial score (nSPS) is 23.2. The Hall–Kier alpha value is -2.25. The van der Waals surface area contributed by atoms with E-state index < -0.39 is 0 Å². The van der Waals surface area contributed by atoms with E-state index in [-0.39, 0.29) is 18.1 Å². The average molecular weight is 383 g/mol. The molecular weight excluding hydrogens is 354 g/mol. The van der Waals surface area contributed by atoms with Crippen LogP contribution in [0.1, 0.15) is 37.3 Å². The summed E-state index contributed by atoms with van der Waals surface area (Å²) in [5.41, 5.74) is 1.16. The first-order valence-electron chi connectivity index (χ1n) is 10.3. The van der Waals surface area contributed by atoms with Gasteiger partial charge in [0.1, 0.15) is 12.7 Å². The summed E-state index contributed by atoms with van der Waals surface area (Å²) in [6.07, 6.45) is 7.03. The van der Waals surface area contributed by atoms with E-state index in [2.05, 4.69) is 27.1 Å². The van der Waals surface area contributed by atoms with Crippen LogP contribution in [0, 0.1) is 0 Å². The minimum absolute atomic E-state index is 0.0191. The highest BCUT2D eigenvalue weighted by Crippen LogP contribution is 2.31. The predicted octanol–water partition coefficient (Wildman–Crippen LogP) is 2.12. The molecule has 1 aromatic heterocycles. The van der Waals surface area contributed by atoms with Crippen LogP contribution in [-0.2, 0) is 16.1 Å². The number of aromatic nitrogens is 3. The van der Waals surface area contributed by atoms with Crippen LogP contribution < -0.4 is 0 Å². The number of rotatable bonds is 7. The molecule has 2 aromatic rings. The smallest absolute Gasteiger partial charge is 0.223 e. The van der Waals surface area contributed by atoms with E-state index >= 15 is 0 Å². The van der Waals surface area contributed by atoms with Gasteiger partial charge in [0.05, 0.1) is 18.8 Å². The van der Waals surface area contributed by atoms with Crippen LogP contribution in [0.5, 0.6) is 0 Å². The first-order chi connectivity index (χ1) is 13.8. The summed E-state index contributed by atoms with van der Waals surface area (Å²) in [5, 5.41) is 4.11. The Morgan fingerprint density at radius 3 is 2.71 bits per heavy atom. The van der Waals surface area contributed by atoms with Gasteiger partial charge in [0.15, 0.2) is 0 Å². The second-order valence-electron chi connectivity index (χ2n) is 7.62. The third-order valence-electron chi connectivity index (χ3n) is 5.69. The number of ether oxygens (including phenoxy) is 1. The van der Waals surface area contributed by atoms with Gasteiger partial charge in [0.25, 0.3) is 0 Å². The summed E-state index contributed by atoms with van der Waals surface area (Å²) < 4.78 is 7.97. The molecule has 1 aromatic carbocycles. The summed E-state index contributed by atoms with van der Waals surface area (Å²) in [7, 11) is 0. The minimum atomic E-state index is -0.0191. The van der Waals surface area contributed by atoms with Crippen molar-refractivity contribution in [2.24, 2.45) is 0 Å². The Kier molecular flexibility index (Phi) is 6.34. The van der Waals surface area contributed by atoms with Crippen molar-refractivity contribution in [2.45, 2.75) is 44.4 Å². The van der Waals surface area contributed by atoms with Gasteiger partial charge in [-0.2, -0.15) is 5.10 Å². The van der Waals surface area contributed by atoms with Crippen molar-refractivity contribution >= 4 is 5.91 Å². The van der Waals surface area contributed by atoms with Crippen LogP contribution in [-0.4, -0.2) is 69.4 Å². The Bertz CT molecular complexity index is 731. The monoisotopic (exact) mass is 383 g/mol. The van der Waals surface area contributed by atoms with Crippen molar-refractivity contribution in [3.63, 3.8) is 0 Å². The van der Waals surface area contributed by atoms with Crippen LogP contribution >= 0.6 is 0 Å². The highest BCUT2D eigenvalue weighted by molar-refractivity contribution is 5.77. The maximum absolute atomic E-state index is 13.1. The molecule has 1 amide bonds. The zero-order valence-corrected chi connectivity index (χ0v) is 16.3. The molecule has 28 heavy (non-hydrogen) atoms. The number of nitrogens with zero attached hydrogens (tertiary/aromatic N) is 5. The quantitative estimate of drug-likeness (QED) is 0.733. The molecule has 7 heteroatoms. The Labute approximate surface area is 166 Å². The number of morpholine rings is 1. The number of benzene rings is 1. The summed E-state index contributed by atoms with van der Waals surface area (Å²) in [6.45, 7) is 5.13. The fraction of sp³-hybridized carbons (Fsp3) is 0.571. The van der Waals surface area contributed by atoms with Gasteiger partial charge < -0.3 is 14.5 Å². The maximum Gasteiger partial charge on any atom is 0.223 e. The first-order valence-corrected chi connectivity index (χ1v) is 10.3. The maximum atomic E-state index is 13.1. The van der Waals surface area contributed by atoms with Crippen molar-refractivity contribution in [1.29, 1.82) is 0 Å². The van der Waals surface area contributed by atoms with Gasteiger partial charge >= 0.3 is 0 Å². The number of aryl methyl sites for hydroxylation is 1. The lowest BCUT2D eigenvalue weighted by Gasteiger charge is -2.43. The second-order valence-corrected chi connectivity index (χ2v) is 7.62. The standard InChI is InChI=1S/C21H29N5O2/c27-20(9-6-12-25-17-22-16-23-25)26-13-14-28-19(15-24-10-4-5-11-24)21(26)18-7-2-1-3-8-18/h1-3,7-8,16-17,19,21H,4-6,9-15H2/t19-,21-/m0/s1. The van der Waals surface area contributed by atoms with E-state index in [9.17, 15) is 4.79 Å². The van der Waals surface area contributed by atoms with E-state index in [0.29, 0.717) is 26.1 Å². The SMILES string of the molecule is O=C(CCCn1cncn1)N1CCO[C@@H](CN2CCCC2)[C@@H]1c1ccccc1. The summed E-state index contributed by atoms with van der Waals surface area (Å²) in [4.78, 5) is 21.6. The molecule has 2 atom stereocenters. The summed E-state index contributed by atoms with van der Waals surface area (Å²) >= 11 is 0. The molecule has 0 unspecified atom stereocenters. The lowest BCUT2D eigenvalue weighted by Crippen LogP contribution is -2.51.